The number of rotatable bonds is 7. The third-order valence-corrected chi connectivity index (χ3v) is 2.95. The maximum Gasteiger partial charge on any atom is 0.460 e. The number of hydrogen-bond donors (Lipinski definition) is 0. The quantitative estimate of drug-likeness (QED) is 0.459. The van der Waals surface area contributed by atoms with Crippen molar-refractivity contribution in [3.63, 3.8) is 0 Å². The average molecular weight is 450 g/mol. The monoisotopic (exact) mass is 450 g/mol. The van der Waals surface area contributed by atoms with Crippen LogP contribution >= 0.6 is 0 Å². The maximum atomic E-state index is 13.0. The summed E-state index contributed by atoms with van der Waals surface area (Å²) >= 11 is 0. The molecule has 0 amide bonds. The highest BCUT2D eigenvalue weighted by Crippen LogP contribution is 2.63. The van der Waals surface area contributed by atoms with E-state index in [9.17, 15) is 74.6 Å². The minimum atomic E-state index is -8.62. The van der Waals surface area contributed by atoms with E-state index in [0.717, 1.165) is 0 Å². The number of alkyl halides is 17. The maximum absolute atomic E-state index is 13.0. The second-order valence-electron chi connectivity index (χ2n) is 4.67. The van der Waals surface area contributed by atoms with Gasteiger partial charge in [0, 0.05) is 7.11 Å². The summed E-state index contributed by atoms with van der Waals surface area (Å²) < 4.78 is 217. The molecule has 0 saturated carbocycles. The van der Waals surface area contributed by atoms with Gasteiger partial charge in [-0.25, -0.2) is 0 Å². The van der Waals surface area contributed by atoms with Crippen LogP contribution in [0, 0.1) is 0 Å². The van der Waals surface area contributed by atoms with Crippen molar-refractivity contribution in [3.8, 4) is 0 Å². The molecule has 0 rings (SSSR count). The van der Waals surface area contributed by atoms with Gasteiger partial charge in [-0.05, 0) is 0 Å². The Bertz CT molecular complexity index is 543. The number of ether oxygens (including phenoxy) is 1. The van der Waals surface area contributed by atoms with Crippen molar-refractivity contribution >= 4 is 0 Å². The molecule has 0 aliphatic rings. The Balaban J connectivity index is 6.65. The van der Waals surface area contributed by atoms with E-state index in [1.807, 2.05) is 0 Å². The van der Waals surface area contributed by atoms with Crippen LogP contribution in [0.1, 0.15) is 0 Å². The minimum absolute atomic E-state index is 0.563. The third-order valence-electron chi connectivity index (χ3n) is 2.95. The molecule has 0 fully saturated rings. The fourth-order valence-electron chi connectivity index (χ4n) is 1.28. The first-order valence-electron chi connectivity index (χ1n) is 5.58. The molecule has 0 radical (unpaired) electrons. The normalized spacial score (nSPS) is 16.7. The minimum Gasteiger partial charge on any atom is -0.319 e. The van der Waals surface area contributed by atoms with Gasteiger partial charge in [-0.15, -0.1) is 0 Å². The first kappa shape index (κ1) is 25.8. The van der Waals surface area contributed by atoms with Crippen LogP contribution in [0.15, 0.2) is 0 Å². The van der Waals surface area contributed by atoms with Crippen molar-refractivity contribution in [2.75, 3.05) is 7.11 Å². The average Bonchev–Trinajstić information content (AvgIpc) is 2.44. The molecule has 0 aromatic rings. The highest BCUT2D eigenvalue weighted by atomic mass is 19.4. The molecule has 0 bridgehead atoms. The molecule has 1 nitrogen and oxygen atoms in total. The Kier molecular flexibility index (Phi) is 5.85. The lowest BCUT2D eigenvalue weighted by Gasteiger charge is -2.42. The van der Waals surface area contributed by atoms with Crippen molar-refractivity contribution in [2.45, 2.75) is 47.8 Å². The van der Waals surface area contributed by atoms with E-state index in [1.54, 1.807) is 0 Å². The first-order chi connectivity index (χ1) is 11.3. The molecule has 0 aliphatic carbocycles. The molecule has 0 unspecified atom stereocenters. The molecule has 0 saturated heterocycles. The lowest BCUT2D eigenvalue weighted by Crippen LogP contribution is -2.74. The van der Waals surface area contributed by atoms with Crippen LogP contribution in [-0.4, -0.2) is 54.9 Å². The highest BCUT2D eigenvalue weighted by molar-refractivity contribution is 5.14. The van der Waals surface area contributed by atoms with Gasteiger partial charge >= 0.3 is 47.8 Å². The molecule has 164 valence electrons. The van der Waals surface area contributed by atoms with Crippen LogP contribution in [0.3, 0.4) is 0 Å². The highest BCUT2D eigenvalue weighted by Gasteiger charge is 2.95. The standard InChI is InChI=1S/C9H3F17O/c1-27-9(25,26)7(20,21)5(16,17)3(12,13)2(10,11)4(14,15)6(18,19)8(22,23)24/h1H3. The Morgan fingerprint density at radius 2 is 0.593 bits per heavy atom. The fourth-order valence-corrected chi connectivity index (χ4v) is 1.28. The number of halogens is 17. The SMILES string of the molecule is COC(F)(F)C(F)(F)C(F)(F)C(F)(F)C(F)(F)C(F)(F)C(F)(F)C(F)(F)F. The van der Waals surface area contributed by atoms with Gasteiger partial charge in [-0.2, -0.15) is 74.6 Å². The summed E-state index contributed by atoms with van der Waals surface area (Å²) in [7, 11) is -0.563. The van der Waals surface area contributed by atoms with Gasteiger partial charge in [0.1, 0.15) is 0 Å². The molecule has 18 heteroatoms. The van der Waals surface area contributed by atoms with Gasteiger partial charge in [0.25, 0.3) is 0 Å². The van der Waals surface area contributed by atoms with E-state index >= 15 is 0 Å². The molecule has 0 heterocycles. The second kappa shape index (κ2) is 6.13. The van der Waals surface area contributed by atoms with Gasteiger partial charge in [-0.3, -0.25) is 0 Å². The second-order valence-corrected chi connectivity index (χ2v) is 4.67. The molecule has 0 aromatic heterocycles. The largest absolute Gasteiger partial charge is 0.460 e. The molecule has 0 spiro atoms. The van der Waals surface area contributed by atoms with Crippen LogP contribution in [0.4, 0.5) is 74.6 Å². The van der Waals surface area contributed by atoms with Crippen molar-refractivity contribution in [2.24, 2.45) is 0 Å². The summed E-state index contributed by atoms with van der Waals surface area (Å²) in [6.07, 6.45) is -14.5. The van der Waals surface area contributed by atoms with Crippen LogP contribution in [0.2, 0.25) is 0 Å². The van der Waals surface area contributed by atoms with Gasteiger partial charge in [-0.1, -0.05) is 0 Å². The lowest BCUT2D eigenvalue weighted by molar-refractivity contribution is -0.476. The fraction of sp³-hybridized carbons (Fsp3) is 1.00. The first-order valence-corrected chi connectivity index (χ1v) is 5.58. The van der Waals surface area contributed by atoms with Crippen molar-refractivity contribution in [3.05, 3.63) is 0 Å². The summed E-state index contributed by atoms with van der Waals surface area (Å²) in [4.78, 5) is 0. The van der Waals surface area contributed by atoms with E-state index in [1.165, 1.54) is 0 Å². The number of methoxy groups -OCH3 is 1. The van der Waals surface area contributed by atoms with E-state index in [2.05, 4.69) is 4.74 Å². The molecule has 0 aromatic carbocycles. The van der Waals surface area contributed by atoms with E-state index in [4.69, 9.17) is 0 Å². The topological polar surface area (TPSA) is 9.23 Å². The predicted octanol–water partition coefficient (Wildman–Crippen LogP) is 5.60. The van der Waals surface area contributed by atoms with Crippen LogP contribution in [0.25, 0.3) is 0 Å². The van der Waals surface area contributed by atoms with E-state index < -0.39 is 54.9 Å². The summed E-state index contributed by atoms with van der Waals surface area (Å²) in [6.45, 7) is 0. The summed E-state index contributed by atoms with van der Waals surface area (Å²) in [5, 5.41) is 0. The zero-order chi connectivity index (χ0) is 22.7. The lowest BCUT2D eigenvalue weighted by atomic mass is 9.90. The van der Waals surface area contributed by atoms with Gasteiger partial charge in [0.05, 0.1) is 0 Å². The summed E-state index contributed by atoms with van der Waals surface area (Å²) in [6, 6.07) is 0. The van der Waals surface area contributed by atoms with Crippen LogP contribution in [-0.2, 0) is 4.74 Å². The summed E-state index contributed by atoms with van der Waals surface area (Å²) in [5.41, 5.74) is 0. The molecule has 0 aliphatic heterocycles. The van der Waals surface area contributed by atoms with E-state index in [-0.39, 0.29) is 0 Å². The Labute approximate surface area is 136 Å². The number of hydrogen-bond acceptors (Lipinski definition) is 1. The van der Waals surface area contributed by atoms with E-state index in [0.29, 0.717) is 0 Å². The molecule has 0 atom stereocenters. The van der Waals surface area contributed by atoms with Crippen LogP contribution in [0.5, 0.6) is 0 Å². The predicted molar refractivity (Wildman–Crippen MR) is 47.7 cm³/mol. The molecule has 27 heavy (non-hydrogen) atoms. The zero-order valence-electron chi connectivity index (χ0n) is 11.8. The summed E-state index contributed by atoms with van der Waals surface area (Å²) in [5.74, 6) is -49.9. The van der Waals surface area contributed by atoms with Crippen molar-refractivity contribution < 1.29 is 79.4 Å². The van der Waals surface area contributed by atoms with Gasteiger partial charge < -0.3 is 4.74 Å². The van der Waals surface area contributed by atoms with Crippen molar-refractivity contribution in [1.29, 1.82) is 0 Å². The molecule has 0 N–H and O–H groups in total. The molecular formula is C9H3F17O. The Morgan fingerprint density at radius 1 is 0.370 bits per heavy atom. The third kappa shape index (κ3) is 3.06. The smallest absolute Gasteiger partial charge is 0.319 e. The molecular weight excluding hydrogens is 447 g/mol. The Morgan fingerprint density at radius 3 is 0.815 bits per heavy atom. The Hall–Kier alpha value is -1.23. The van der Waals surface area contributed by atoms with Crippen LogP contribution < -0.4 is 0 Å². The van der Waals surface area contributed by atoms with Gasteiger partial charge in [0.15, 0.2) is 0 Å². The van der Waals surface area contributed by atoms with Crippen molar-refractivity contribution in [1.82, 2.24) is 0 Å². The zero-order valence-corrected chi connectivity index (χ0v) is 11.8. The van der Waals surface area contributed by atoms with Gasteiger partial charge in [0.2, 0.25) is 0 Å².